The van der Waals surface area contributed by atoms with Crippen LogP contribution in [0.3, 0.4) is 0 Å². The summed E-state index contributed by atoms with van der Waals surface area (Å²) in [5.41, 5.74) is 3.55. The number of benzene rings is 3. The van der Waals surface area contributed by atoms with Crippen LogP contribution in [0.25, 0.3) is 0 Å². The van der Waals surface area contributed by atoms with E-state index >= 15 is 0 Å². The van der Waals surface area contributed by atoms with Crippen molar-refractivity contribution < 1.29 is 19.0 Å². The topological polar surface area (TPSA) is 68.8 Å². The molecule has 0 aromatic heterocycles. The molecule has 184 valence electrons. The molecule has 4 rings (SSSR count). The van der Waals surface area contributed by atoms with Gasteiger partial charge in [-0.25, -0.2) is 4.79 Å². The molecule has 0 atom stereocenters. The number of rotatable bonds is 11. The summed E-state index contributed by atoms with van der Waals surface area (Å²) in [7, 11) is 1.37. The van der Waals surface area contributed by atoms with Gasteiger partial charge in [-0.05, 0) is 53.4 Å². The Balaban J connectivity index is 1.43. The van der Waals surface area contributed by atoms with Gasteiger partial charge in [0.25, 0.3) is 0 Å². The first-order valence-corrected chi connectivity index (χ1v) is 12.6. The van der Waals surface area contributed by atoms with Gasteiger partial charge in [-0.3, -0.25) is 0 Å². The minimum Gasteiger partial charge on any atom is -0.489 e. The number of ether oxygens (including phenoxy) is 3. The molecule has 1 heterocycles. The third kappa shape index (κ3) is 7.45. The molecule has 0 saturated carbocycles. The molecule has 3 aromatic carbocycles. The van der Waals surface area contributed by atoms with Gasteiger partial charge in [-0.2, -0.15) is 0 Å². The van der Waals surface area contributed by atoms with Crippen LogP contribution in [0, 0.1) is 5.92 Å². The van der Waals surface area contributed by atoms with Crippen molar-refractivity contribution in [1.29, 1.82) is 0 Å². The summed E-state index contributed by atoms with van der Waals surface area (Å²) in [5.74, 6) is 1.77. The highest BCUT2D eigenvalue weighted by molar-refractivity contribution is 9.10. The Bertz CT molecular complexity index is 1150. The minimum absolute atomic E-state index is 0.357. The quantitative estimate of drug-likeness (QED) is 0.309. The van der Waals surface area contributed by atoms with Gasteiger partial charge in [0, 0.05) is 47.3 Å². The first kappa shape index (κ1) is 25.5. The van der Waals surface area contributed by atoms with Crippen molar-refractivity contribution >= 4 is 33.5 Å². The maximum Gasteiger partial charge on any atom is 0.337 e. The van der Waals surface area contributed by atoms with Gasteiger partial charge >= 0.3 is 5.97 Å². The molecule has 1 saturated heterocycles. The Morgan fingerprint density at radius 3 is 2.34 bits per heavy atom. The van der Waals surface area contributed by atoms with Crippen molar-refractivity contribution in [3.05, 3.63) is 92.4 Å². The molecular formula is C27H28BrClN2O4. The number of nitrogens with one attached hydrogen (secondary N) is 2. The number of esters is 1. The zero-order chi connectivity index (χ0) is 24.6. The van der Waals surface area contributed by atoms with E-state index in [1.807, 2.05) is 48.5 Å². The second kappa shape index (κ2) is 12.4. The number of methoxy groups -OCH3 is 1. The Morgan fingerprint density at radius 2 is 1.71 bits per heavy atom. The average molecular weight is 560 g/mol. The minimum atomic E-state index is -0.357. The highest BCUT2D eigenvalue weighted by atomic mass is 79.9. The third-order valence-electron chi connectivity index (χ3n) is 5.76. The number of halogens is 2. The monoisotopic (exact) mass is 558 g/mol. The summed E-state index contributed by atoms with van der Waals surface area (Å²) in [4.78, 5) is 11.6. The number of carbonyl (C=O) groups is 1. The van der Waals surface area contributed by atoms with Crippen LogP contribution in [0.1, 0.15) is 27.0 Å². The number of hydrogen-bond donors (Lipinski definition) is 2. The van der Waals surface area contributed by atoms with E-state index in [0.29, 0.717) is 29.7 Å². The fraction of sp³-hybridized carbons (Fsp3) is 0.296. The number of carbonyl (C=O) groups excluding carboxylic acids is 1. The first-order chi connectivity index (χ1) is 17.0. The molecule has 6 nitrogen and oxygen atoms in total. The summed E-state index contributed by atoms with van der Waals surface area (Å²) in [6.07, 6.45) is 0. The molecule has 1 aliphatic rings. The molecule has 3 aromatic rings. The van der Waals surface area contributed by atoms with Crippen molar-refractivity contribution in [3.63, 3.8) is 0 Å². The Hall–Kier alpha value is -2.58. The molecule has 0 unspecified atom stereocenters. The van der Waals surface area contributed by atoms with Crippen LogP contribution in [-0.4, -0.2) is 32.7 Å². The van der Waals surface area contributed by atoms with Crippen LogP contribution >= 0.6 is 27.5 Å². The Labute approximate surface area is 219 Å². The normalized spacial score (nSPS) is 13.2. The third-order valence-corrected chi connectivity index (χ3v) is 6.73. The molecule has 0 spiro atoms. The van der Waals surface area contributed by atoms with E-state index in [1.54, 1.807) is 12.1 Å². The maximum absolute atomic E-state index is 11.6. The molecule has 0 aliphatic carbocycles. The van der Waals surface area contributed by atoms with Crippen LogP contribution in [0.2, 0.25) is 5.02 Å². The fourth-order valence-electron chi connectivity index (χ4n) is 3.63. The van der Waals surface area contributed by atoms with Crippen molar-refractivity contribution in [3.8, 4) is 11.5 Å². The Kier molecular flexibility index (Phi) is 9.04. The Morgan fingerprint density at radius 1 is 1.00 bits per heavy atom. The zero-order valence-corrected chi connectivity index (χ0v) is 21.8. The van der Waals surface area contributed by atoms with Gasteiger partial charge in [-0.15, -0.1) is 0 Å². The van der Waals surface area contributed by atoms with E-state index in [9.17, 15) is 4.79 Å². The molecule has 0 radical (unpaired) electrons. The summed E-state index contributed by atoms with van der Waals surface area (Å²) >= 11 is 9.60. The highest BCUT2D eigenvalue weighted by Gasteiger charge is 2.15. The first-order valence-electron chi connectivity index (χ1n) is 11.4. The standard InChI is InChI=1S/C27H28BrClN2O4/c1-33-27(32)21-4-2-18(3-5-21)16-34-24-8-19(12-30-13-20-14-31-15-20)9-25(11-24)35-17-22-6-7-23(29)10-26(22)28/h2-11,20,30-31H,12-17H2,1H3. The molecule has 8 heteroatoms. The lowest BCUT2D eigenvalue weighted by Crippen LogP contribution is -2.47. The predicted octanol–water partition coefficient (Wildman–Crippen LogP) is 5.36. The van der Waals surface area contributed by atoms with Gasteiger partial charge in [-0.1, -0.05) is 45.7 Å². The van der Waals surface area contributed by atoms with E-state index in [1.165, 1.54) is 7.11 Å². The van der Waals surface area contributed by atoms with Crippen LogP contribution in [0.15, 0.2) is 65.1 Å². The average Bonchev–Trinajstić information content (AvgIpc) is 2.83. The van der Waals surface area contributed by atoms with Crippen molar-refractivity contribution in [2.45, 2.75) is 19.8 Å². The van der Waals surface area contributed by atoms with Crippen molar-refractivity contribution in [1.82, 2.24) is 10.6 Å². The summed E-state index contributed by atoms with van der Waals surface area (Å²) in [5, 5.41) is 7.49. The second-order valence-electron chi connectivity index (χ2n) is 8.47. The van der Waals surface area contributed by atoms with Gasteiger partial charge in [0.2, 0.25) is 0 Å². The van der Waals surface area contributed by atoms with E-state index in [2.05, 4.69) is 26.6 Å². The van der Waals surface area contributed by atoms with Gasteiger partial charge in [0.15, 0.2) is 0 Å². The van der Waals surface area contributed by atoms with Crippen LogP contribution in [0.4, 0.5) is 0 Å². The molecule has 2 N–H and O–H groups in total. The molecule has 0 amide bonds. The smallest absolute Gasteiger partial charge is 0.337 e. The molecule has 35 heavy (non-hydrogen) atoms. The van der Waals surface area contributed by atoms with E-state index in [0.717, 1.165) is 58.8 Å². The highest BCUT2D eigenvalue weighted by Crippen LogP contribution is 2.27. The molecule has 1 aliphatic heterocycles. The summed E-state index contributed by atoms with van der Waals surface area (Å²) < 4.78 is 17.9. The second-order valence-corrected chi connectivity index (χ2v) is 9.76. The molecular weight excluding hydrogens is 532 g/mol. The van der Waals surface area contributed by atoms with Gasteiger partial charge in [0.05, 0.1) is 12.7 Å². The van der Waals surface area contributed by atoms with Crippen molar-refractivity contribution in [2.24, 2.45) is 5.92 Å². The van der Waals surface area contributed by atoms with Crippen LogP contribution in [-0.2, 0) is 24.5 Å². The molecule has 1 fully saturated rings. The lowest BCUT2D eigenvalue weighted by molar-refractivity contribution is 0.0600. The summed E-state index contributed by atoms with van der Waals surface area (Å²) in [6.45, 7) is 4.59. The van der Waals surface area contributed by atoms with E-state index < -0.39 is 0 Å². The van der Waals surface area contributed by atoms with Gasteiger partial charge in [0.1, 0.15) is 24.7 Å². The SMILES string of the molecule is COC(=O)c1ccc(COc2cc(CNCC3CNC3)cc(OCc3ccc(Cl)cc3Br)c2)cc1. The number of hydrogen-bond acceptors (Lipinski definition) is 6. The fourth-order valence-corrected chi connectivity index (χ4v) is 4.43. The predicted molar refractivity (Wildman–Crippen MR) is 140 cm³/mol. The van der Waals surface area contributed by atoms with E-state index in [-0.39, 0.29) is 5.97 Å². The largest absolute Gasteiger partial charge is 0.489 e. The van der Waals surface area contributed by atoms with E-state index in [4.69, 9.17) is 25.8 Å². The van der Waals surface area contributed by atoms with Crippen LogP contribution in [0.5, 0.6) is 11.5 Å². The molecule has 0 bridgehead atoms. The maximum atomic E-state index is 11.6. The summed E-state index contributed by atoms with van der Waals surface area (Å²) in [6, 6.07) is 18.8. The zero-order valence-electron chi connectivity index (χ0n) is 19.5. The lowest BCUT2D eigenvalue weighted by Gasteiger charge is -2.27. The van der Waals surface area contributed by atoms with Crippen molar-refractivity contribution in [2.75, 3.05) is 26.7 Å². The lowest BCUT2D eigenvalue weighted by atomic mass is 10.0. The van der Waals surface area contributed by atoms with Gasteiger partial charge < -0.3 is 24.8 Å². The van der Waals surface area contributed by atoms with Crippen LogP contribution < -0.4 is 20.1 Å².